The topological polar surface area (TPSA) is 49.0 Å². The number of hydrogen-bond donors (Lipinski definition) is 1. The van der Waals surface area contributed by atoms with E-state index in [1.807, 2.05) is 24.3 Å². The first-order chi connectivity index (χ1) is 9.38. The van der Waals surface area contributed by atoms with E-state index >= 15 is 0 Å². The maximum atomic E-state index is 5.56. The van der Waals surface area contributed by atoms with Gasteiger partial charge in [-0.1, -0.05) is 0 Å². The highest BCUT2D eigenvalue weighted by atomic mass is 16.5. The number of hydrogen-bond acceptors (Lipinski definition) is 5. The van der Waals surface area contributed by atoms with Crippen LogP contribution < -0.4 is 14.8 Å². The molecular formula is C14H21NO4. The molecule has 0 bridgehead atoms. The van der Waals surface area contributed by atoms with E-state index in [-0.39, 0.29) is 6.10 Å². The molecule has 0 radical (unpaired) electrons. The van der Waals surface area contributed by atoms with Crippen LogP contribution in [-0.2, 0) is 9.47 Å². The van der Waals surface area contributed by atoms with E-state index in [1.165, 1.54) is 0 Å². The van der Waals surface area contributed by atoms with Crippen molar-refractivity contribution in [3.63, 3.8) is 0 Å². The molecular weight excluding hydrogens is 246 g/mol. The maximum Gasteiger partial charge on any atom is 0.119 e. The second-order valence-corrected chi connectivity index (χ2v) is 4.30. The molecule has 1 N–H and O–H groups in total. The fourth-order valence-electron chi connectivity index (χ4n) is 1.83. The lowest BCUT2D eigenvalue weighted by Gasteiger charge is -2.23. The van der Waals surface area contributed by atoms with Crippen LogP contribution >= 0.6 is 0 Å². The number of nitrogens with one attached hydrogen (secondary N) is 1. The molecule has 5 heteroatoms. The average molecular weight is 267 g/mol. The van der Waals surface area contributed by atoms with Gasteiger partial charge < -0.3 is 24.3 Å². The number of ether oxygens (including phenoxy) is 4. The second-order valence-electron chi connectivity index (χ2n) is 4.30. The van der Waals surface area contributed by atoms with Gasteiger partial charge in [0.05, 0.1) is 33.0 Å². The van der Waals surface area contributed by atoms with Gasteiger partial charge in [0.15, 0.2) is 0 Å². The highest BCUT2D eigenvalue weighted by Crippen LogP contribution is 2.16. The molecule has 1 unspecified atom stereocenters. The van der Waals surface area contributed by atoms with E-state index in [0.717, 1.165) is 31.2 Å². The van der Waals surface area contributed by atoms with Crippen molar-refractivity contribution in [3.8, 4) is 11.5 Å². The Labute approximate surface area is 113 Å². The molecule has 1 aliphatic rings. The van der Waals surface area contributed by atoms with Crippen molar-refractivity contribution >= 4 is 0 Å². The Morgan fingerprint density at radius 2 is 2.00 bits per heavy atom. The number of rotatable bonds is 7. The van der Waals surface area contributed by atoms with Crippen molar-refractivity contribution < 1.29 is 18.9 Å². The molecule has 2 rings (SSSR count). The minimum atomic E-state index is 0.162. The van der Waals surface area contributed by atoms with Crippen molar-refractivity contribution in [3.05, 3.63) is 24.3 Å². The lowest BCUT2D eigenvalue weighted by Crippen LogP contribution is -2.41. The van der Waals surface area contributed by atoms with E-state index in [9.17, 15) is 0 Å². The summed E-state index contributed by atoms with van der Waals surface area (Å²) < 4.78 is 21.7. The van der Waals surface area contributed by atoms with Crippen LogP contribution in [0.3, 0.4) is 0 Å². The normalized spacial score (nSPS) is 19.1. The highest BCUT2D eigenvalue weighted by molar-refractivity contribution is 5.31. The van der Waals surface area contributed by atoms with Crippen LogP contribution in [-0.4, -0.2) is 52.7 Å². The van der Waals surface area contributed by atoms with Gasteiger partial charge in [-0.05, 0) is 24.3 Å². The predicted octanol–water partition coefficient (Wildman–Crippen LogP) is 1.08. The summed E-state index contributed by atoms with van der Waals surface area (Å²) >= 11 is 0. The lowest BCUT2D eigenvalue weighted by atomic mass is 10.3. The number of morpholine rings is 1. The van der Waals surface area contributed by atoms with Gasteiger partial charge in [0.2, 0.25) is 0 Å². The number of benzene rings is 1. The van der Waals surface area contributed by atoms with Crippen molar-refractivity contribution in [1.82, 2.24) is 5.32 Å². The third-order valence-electron chi connectivity index (χ3n) is 2.86. The Kier molecular flexibility index (Phi) is 5.94. The van der Waals surface area contributed by atoms with Crippen LogP contribution in [0.5, 0.6) is 11.5 Å². The molecule has 1 atom stereocenters. The Morgan fingerprint density at radius 1 is 1.21 bits per heavy atom. The molecule has 0 aromatic heterocycles. The summed E-state index contributed by atoms with van der Waals surface area (Å²) in [6.07, 6.45) is 0.162. The van der Waals surface area contributed by atoms with E-state index in [4.69, 9.17) is 18.9 Å². The molecule has 19 heavy (non-hydrogen) atoms. The van der Waals surface area contributed by atoms with E-state index < -0.39 is 0 Å². The van der Waals surface area contributed by atoms with Crippen LogP contribution in [0.15, 0.2) is 24.3 Å². The zero-order valence-corrected chi connectivity index (χ0v) is 11.3. The smallest absolute Gasteiger partial charge is 0.119 e. The van der Waals surface area contributed by atoms with Crippen LogP contribution in [0, 0.1) is 0 Å². The van der Waals surface area contributed by atoms with Crippen molar-refractivity contribution in [2.75, 3.05) is 46.6 Å². The molecule has 1 heterocycles. The molecule has 0 spiro atoms. The van der Waals surface area contributed by atoms with Gasteiger partial charge in [-0.15, -0.1) is 0 Å². The van der Waals surface area contributed by atoms with E-state index in [2.05, 4.69) is 5.32 Å². The first-order valence-electron chi connectivity index (χ1n) is 6.55. The van der Waals surface area contributed by atoms with Crippen LogP contribution in [0.2, 0.25) is 0 Å². The summed E-state index contributed by atoms with van der Waals surface area (Å²) in [6.45, 7) is 4.25. The molecule has 1 aromatic rings. The fraction of sp³-hybridized carbons (Fsp3) is 0.571. The van der Waals surface area contributed by atoms with E-state index in [1.54, 1.807) is 7.11 Å². The van der Waals surface area contributed by atoms with Crippen molar-refractivity contribution in [1.29, 1.82) is 0 Å². The third kappa shape index (κ3) is 5.06. The summed E-state index contributed by atoms with van der Waals surface area (Å²) in [5.74, 6) is 1.64. The molecule has 5 nitrogen and oxygen atoms in total. The molecule has 1 aromatic carbocycles. The Balaban J connectivity index is 1.55. The third-order valence-corrected chi connectivity index (χ3v) is 2.86. The predicted molar refractivity (Wildman–Crippen MR) is 71.9 cm³/mol. The summed E-state index contributed by atoms with van der Waals surface area (Å²) in [6, 6.07) is 7.51. The van der Waals surface area contributed by atoms with Crippen LogP contribution in [0.4, 0.5) is 0 Å². The SMILES string of the molecule is COc1ccc(OCCOCC2CNCCO2)cc1. The average Bonchev–Trinajstić information content (AvgIpc) is 2.49. The molecule has 0 amide bonds. The summed E-state index contributed by atoms with van der Waals surface area (Å²) in [7, 11) is 1.64. The van der Waals surface area contributed by atoms with Crippen LogP contribution in [0.1, 0.15) is 0 Å². The van der Waals surface area contributed by atoms with Crippen molar-refractivity contribution in [2.24, 2.45) is 0 Å². The van der Waals surface area contributed by atoms with Gasteiger partial charge in [0, 0.05) is 13.1 Å². The minimum Gasteiger partial charge on any atom is -0.497 e. The molecule has 106 valence electrons. The first kappa shape index (κ1) is 14.1. The van der Waals surface area contributed by atoms with Gasteiger partial charge in [-0.2, -0.15) is 0 Å². The Morgan fingerprint density at radius 3 is 2.68 bits per heavy atom. The molecule has 0 saturated carbocycles. The minimum absolute atomic E-state index is 0.162. The second kappa shape index (κ2) is 7.99. The zero-order chi connectivity index (χ0) is 13.3. The molecule has 0 aliphatic carbocycles. The standard InChI is InChI=1S/C14H21NO4/c1-16-12-2-4-13(5-3-12)19-9-8-17-11-14-10-15-6-7-18-14/h2-5,14-15H,6-11H2,1H3. The van der Waals surface area contributed by atoms with Gasteiger partial charge in [-0.3, -0.25) is 0 Å². The summed E-state index contributed by atoms with van der Waals surface area (Å²) in [4.78, 5) is 0. The quantitative estimate of drug-likeness (QED) is 0.749. The first-order valence-corrected chi connectivity index (χ1v) is 6.55. The lowest BCUT2D eigenvalue weighted by molar-refractivity contribution is -0.0356. The molecule has 1 aliphatic heterocycles. The zero-order valence-electron chi connectivity index (χ0n) is 11.3. The van der Waals surface area contributed by atoms with Gasteiger partial charge in [0.25, 0.3) is 0 Å². The monoisotopic (exact) mass is 267 g/mol. The molecule has 1 fully saturated rings. The maximum absolute atomic E-state index is 5.56. The largest absolute Gasteiger partial charge is 0.497 e. The van der Waals surface area contributed by atoms with Gasteiger partial charge in [0.1, 0.15) is 18.1 Å². The summed E-state index contributed by atoms with van der Waals surface area (Å²) in [5.41, 5.74) is 0. The highest BCUT2D eigenvalue weighted by Gasteiger charge is 2.12. The van der Waals surface area contributed by atoms with Crippen LogP contribution in [0.25, 0.3) is 0 Å². The van der Waals surface area contributed by atoms with Gasteiger partial charge in [-0.25, -0.2) is 0 Å². The van der Waals surface area contributed by atoms with Gasteiger partial charge >= 0.3 is 0 Å². The van der Waals surface area contributed by atoms with Crippen molar-refractivity contribution in [2.45, 2.75) is 6.10 Å². The Bertz CT molecular complexity index is 349. The number of methoxy groups -OCH3 is 1. The van der Waals surface area contributed by atoms with E-state index in [0.29, 0.717) is 19.8 Å². The fourth-order valence-corrected chi connectivity index (χ4v) is 1.83. The summed E-state index contributed by atoms with van der Waals surface area (Å²) in [5, 5.41) is 3.26. The Hall–Kier alpha value is -1.30. The molecule has 1 saturated heterocycles.